The van der Waals surface area contributed by atoms with E-state index in [2.05, 4.69) is 55.1 Å². The van der Waals surface area contributed by atoms with Gasteiger partial charge in [0, 0.05) is 5.92 Å². The predicted octanol–water partition coefficient (Wildman–Crippen LogP) is 5.12. The van der Waals surface area contributed by atoms with Crippen LogP contribution in [0.4, 0.5) is 0 Å². The lowest BCUT2D eigenvalue weighted by atomic mass is 9.73. The molecule has 2 atom stereocenters. The van der Waals surface area contributed by atoms with Crippen molar-refractivity contribution in [1.29, 1.82) is 0 Å². The first-order valence-electron chi connectivity index (χ1n) is 10.8. The van der Waals surface area contributed by atoms with Crippen molar-refractivity contribution >= 4 is 0 Å². The highest BCUT2D eigenvalue weighted by Gasteiger charge is 2.41. The number of nitrogens with zero attached hydrogens (tertiary/aromatic N) is 1. The molecular weight excluding hydrogens is 346 g/mol. The SMILES string of the molecule is CCN(CC)CCC[C@]1(O)c2ccccc2CCC[C@H]1c1cccc(OC)c1. The molecule has 0 bridgehead atoms. The standard InChI is InChI=1S/C25H35NO2/c1-4-26(5-2)18-10-17-25(27)23-15-7-6-11-20(23)12-9-16-24(25)21-13-8-14-22(19-21)28-3/h6-8,11,13-15,19,24,27H,4-5,9-10,12,16-18H2,1-3H3/t24-,25-/m0/s1. The molecule has 2 aromatic carbocycles. The van der Waals surface area contributed by atoms with Crippen LogP contribution in [0.5, 0.6) is 5.75 Å². The van der Waals surface area contributed by atoms with E-state index in [4.69, 9.17) is 4.74 Å². The van der Waals surface area contributed by atoms with Crippen LogP contribution >= 0.6 is 0 Å². The van der Waals surface area contributed by atoms with E-state index >= 15 is 0 Å². The van der Waals surface area contributed by atoms with Gasteiger partial charge in [-0.05, 0) is 80.6 Å². The Hall–Kier alpha value is -1.84. The quantitative estimate of drug-likeness (QED) is 0.644. The molecule has 1 aliphatic rings. The molecule has 3 heteroatoms. The average molecular weight is 382 g/mol. The van der Waals surface area contributed by atoms with Crippen molar-refractivity contribution in [3.8, 4) is 5.75 Å². The summed E-state index contributed by atoms with van der Waals surface area (Å²) in [5, 5.41) is 12.2. The molecule has 0 aromatic heterocycles. The molecule has 0 saturated carbocycles. The number of benzene rings is 2. The minimum atomic E-state index is -0.841. The zero-order chi connectivity index (χ0) is 20.0. The third kappa shape index (κ3) is 4.42. The Balaban J connectivity index is 1.96. The number of rotatable bonds is 8. The first-order chi connectivity index (χ1) is 13.6. The summed E-state index contributed by atoms with van der Waals surface area (Å²) in [6.07, 6.45) is 4.89. The van der Waals surface area contributed by atoms with E-state index in [1.807, 2.05) is 12.1 Å². The van der Waals surface area contributed by atoms with Crippen LogP contribution in [0.2, 0.25) is 0 Å². The summed E-state index contributed by atoms with van der Waals surface area (Å²) >= 11 is 0. The summed E-state index contributed by atoms with van der Waals surface area (Å²) in [6, 6.07) is 16.8. The predicted molar refractivity (Wildman–Crippen MR) is 116 cm³/mol. The lowest BCUT2D eigenvalue weighted by molar-refractivity contribution is -0.00674. The van der Waals surface area contributed by atoms with Gasteiger partial charge in [-0.1, -0.05) is 50.2 Å². The van der Waals surface area contributed by atoms with E-state index in [1.54, 1.807) is 7.11 Å². The number of fused-ring (bicyclic) bond motifs is 1. The second-order valence-electron chi connectivity index (χ2n) is 7.93. The van der Waals surface area contributed by atoms with Crippen LogP contribution < -0.4 is 4.74 Å². The van der Waals surface area contributed by atoms with Crippen LogP contribution in [0.1, 0.15) is 62.1 Å². The van der Waals surface area contributed by atoms with Gasteiger partial charge in [0.05, 0.1) is 12.7 Å². The minimum Gasteiger partial charge on any atom is -0.497 e. The summed E-state index contributed by atoms with van der Waals surface area (Å²) in [5.41, 5.74) is 2.77. The van der Waals surface area contributed by atoms with E-state index < -0.39 is 5.60 Å². The number of hydrogen-bond acceptors (Lipinski definition) is 3. The van der Waals surface area contributed by atoms with Gasteiger partial charge in [0.25, 0.3) is 0 Å². The van der Waals surface area contributed by atoms with Crippen molar-refractivity contribution in [2.75, 3.05) is 26.7 Å². The van der Waals surface area contributed by atoms with Gasteiger partial charge in [0.15, 0.2) is 0 Å². The molecule has 0 aliphatic heterocycles. The first-order valence-corrected chi connectivity index (χ1v) is 10.8. The zero-order valence-corrected chi connectivity index (χ0v) is 17.7. The van der Waals surface area contributed by atoms with Crippen molar-refractivity contribution in [2.45, 2.75) is 57.5 Å². The minimum absolute atomic E-state index is 0.0861. The van der Waals surface area contributed by atoms with Crippen LogP contribution in [0.15, 0.2) is 48.5 Å². The Morgan fingerprint density at radius 1 is 1.11 bits per heavy atom. The lowest BCUT2D eigenvalue weighted by Gasteiger charge is -2.37. The highest BCUT2D eigenvalue weighted by Crippen LogP contribution is 2.47. The van der Waals surface area contributed by atoms with E-state index in [0.717, 1.165) is 63.1 Å². The molecule has 28 heavy (non-hydrogen) atoms. The fraction of sp³-hybridized carbons (Fsp3) is 0.520. The van der Waals surface area contributed by atoms with Gasteiger partial charge in [0.2, 0.25) is 0 Å². The molecule has 0 heterocycles. The number of aryl methyl sites for hydroxylation is 1. The van der Waals surface area contributed by atoms with Crippen molar-refractivity contribution in [2.24, 2.45) is 0 Å². The van der Waals surface area contributed by atoms with Crippen molar-refractivity contribution in [1.82, 2.24) is 4.90 Å². The Morgan fingerprint density at radius 3 is 2.64 bits per heavy atom. The fourth-order valence-corrected chi connectivity index (χ4v) is 4.81. The van der Waals surface area contributed by atoms with Crippen LogP contribution in [-0.4, -0.2) is 36.8 Å². The Morgan fingerprint density at radius 2 is 1.89 bits per heavy atom. The number of ether oxygens (including phenoxy) is 1. The average Bonchev–Trinajstić information content (AvgIpc) is 2.88. The van der Waals surface area contributed by atoms with E-state index in [-0.39, 0.29) is 5.92 Å². The van der Waals surface area contributed by atoms with Crippen LogP contribution in [-0.2, 0) is 12.0 Å². The van der Waals surface area contributed by atoms with Crippen LogP contribution in [0, 0.1) is 0 Å². The van der Waals surface area contributed by atoms with Gasteiger partial charge in [-0.2, -0.15) is 0 Å². The summed E-state index contributed by atoms with van der Waals surface area (Å²) < 4.78 is 5.47. The molecule has 152 valence electrons. The maximum absolute atomic E-state index is 12.2. The normalized spacial score (nSPS) is 22.0. The molecule has 0 amide bonds. The molecule has 0 spiro atoms. The van der Waals surface area contributed by atoms with Gasteiger partial charge in [-0.15, -0.1) is 0 Å². The van der Waals surface area contributed by atoms with E-state index in [1.165, 1.54) is 11.1 Å². The molecule has 0 unspecified atom stereocenters. The van der Waals surface area contributed by atoms with Gasteiger partial charge in [-0.25, -0.2) is 0 Å². The van der Waals surface area contributed by atoms with Crippen LogP contribution in [0.25, 0.3) is 0 Å². The zero-order valence-electron chi connectivity index (χ0n) is 17.7. The van der Waals surface area contributed by atoms with Crippen molar-refractivity contribution in [3.05, 3.63) is 65.2 Å². The smallest absolute Gasteiger partial charge is 0.119 e. The van der Waals surface area contributed by atoms with Crippen molar-refractivity contribution in [3.63, 3.8) is 0 Å². The third-order valence-electron chi connectivity index (χ3n) is 6.42. The molecule has 0 saturated heterocycles. The molecule has 1 N–H and O–H groups in total. The fourth-order valence-electron chi connectivity index (χ4n) is 4.81. The Bertz CT molecular complexity index is 756. The molecular formula is C25H35NO2. The second kappa shape index (κ2) is 9.58. The monoisotopic (exact) mass is 381 g/mol. The van der Waals surface area contributed by atoms with Crippen molar-refractivity contribution < 1.29 is 9.84 Å². The van der Waals surface area contributed by atoms with Crippen LogP contribution in [0.3, 0.4) is 0 Å². The van der Waals surface area contributed by atoms with Gasteiger partial charge >= 0.3 is 0 Å². The number of hydrogen-bond donors (Lipinski definition) is 1. The third-order valence-corrected chi connectivity index (χ3v) is 6.42. The molecule has 0 fully saturated rings. The highest BCUT2D eigenvalue weighted by atomic mass is 16.5. The molecule has 1 aliphatic carbocycles. The summed E-state index contributed by atoms with van der Waals surface area (Å²) in [4.78, 5) is 2.44. The highest BCUT2D eigenvalue weighted by molar-refractivity contribution is 5.40. The Kier molecular flexibility index (Phi) is 7.14. The summed E-state index contributed by atoms with van der Waals surface area (Å²) in [7, 11) is 1.71. The second-order valence-corrected chi connectivity index (χ2v) is 7.93. The summed E-state index contributed by atoms with van der Waals surface area (Å²) in [6.45, 7) is 7.56. The molecule has 2 aromatic rings. The first kappa shape index (κ1) is 20.9. The largest absolute Gasteiger partial charge is 0.497 e. The number of methoxy groups -OCH3 is 1. The molecule has 3 rings (SSSR count). The lowest BCUT2D eigenvalue weighted by Crippen LogP contribution is -2.35. The van der Waals surface area contributed by atoms with Gasteiger partial charge in [0.1, 0.15) is 5.75 Å². The molecule has 0 radical (unpaired) electrons. The summed E-state index contributed by atoms with van der Waals surface area (Å²) in [5.74, 6) is 0.948. The van der Waals surface area contributed by atoms with Gasteiger partial charge in [-0.3, -0.25) is 0 Å². The number of aliphatic hydroxyl groups is 1. The Labute approximate surface area is 170 Å². The maximum Gasteiger partial charge on any atom is 0.119 e. The maximum atomic E-state index is 12.2. The van der Waals surface area contributed by atoms with E-state index in [0.29, 0.717) is 0 Å². The molecule has 3 nitrogen and oxygen atoms in total. The van der Waals surface area contributed by atoms with E-state index in [9.17, 15) is 5.11 Å². The topological polar surface area (TPSA) is 32.7 Å². The van der Waals surface area contributed by atoms with Gasteiger partial charge < -0.3 is 14.7 Å².